The van der Waals surface area contributed by atoms with E-state index in [9.17, 15) is 0 Å². The molecule has 0 aromatic heterocycles. The van der Waals surface area contributed by atoms with Crippen LogP contribution in [0.5, 0.6) is 0 Å². The Morgan fingerprint density at radius 2 is 2.07 bits per heavy atom. The van der Waals surface area contributed by atoms with Gasteiger partial charge in [0.1, 0.15) is 0 Å². The summed E-state index contributed by atoms with van der Waals surface area (Å²) in [5, 5.41) is 2.74. The second-order valence-electron chi connectivity index (χ2n) is 3.62. The van der Waals surface area contributed by atoms with E-state index >= 15 is 0 Å². The molecule has 0 amide bonds. The molecule has 14 heavy (non-hydrogen) atoms. The van der Waals surface area contributed by atoms with Gasteiger partial charge in [-0.1, -0.05) is 46.3 Å². The van der Waals surface area contributed by atoms with Gasteiger partial charge in [0.15, 0.2) is 0 Å². The predicted octanol–water partition coefficient (Wildman–Crippen LogP) is 4.17. The zero-order valence-corrected chi connectivity index (χ0v) is 9.21. The predicted molar refractivity (Wildman–Crippen MR) is 64.4 cm³/mol. The molecule has 0 spiro atoms. The minimum absolute atomic E-state index is 1.05. The van der Waals surface area contributed by atoms with Crippen LogP contribution in [-0.2, 0) is 6.42 Å². The van der Waals surface area contributed by atoms with Crippen LogP contribution in [-0.4, -0.2) is 0 Å². The van der Waals surface area contributed by atoms with Gasteiger partial charge in [-0.3, -0.25) is 0 Å². The van der Waals surface area contributed by atoms with Crippen LogP contribution in [0.1, 0.15) is 11.1 Å². The van der Waals surface area contributed by atoms with Gasteiger partial charge in [-0.15, -0.1) is 0 Å². The van der Waals surface area contributed by atoms with Crippen LogP contribution in [0.25, 0.3) is 16.8 Å². The Bertz CT molecular complexity index is 538. The third-order valence-corrected chi connectivity index (χ3v) is 3.15. The Kier molecular flexibility index (Phi) is 1.74. The lowest BCUT2D eigenvalue weighted by Gasteiger charge is -2.12. The van der Waals surface area contributed by atoms with Crippen molar-refractivity contribution in [3.8, 4) is 0 Å². The standard InChI is InChI=1S/C13H9Br/c14-12-7-10-5-1-3-9-4-2-6-11(8-12)13(9)10/h1-5,7-8H,6H2. The molecule has 0 fully saturated rings. The smallest absolute Gasteiger partial charge is 0.0184 e. The summed E-state index contributed by atoms with van der Waals surface area (Å²) in [6.45, 7) is 0. The molecule has 2 aromatic rings. The molecular weight excluding hydrogens is 236 g/mol. The van der Waals surface area contributed by atoms with Gasteiger partial charge in [0, 0.05) is 4.47 Å². The van der Waals surface area contributed by atoms with Crippen molar-refractivity contribution in [2.75, 3.05) is 0 Å². The SMILES string of the molecule is Brc1cc2c3c(cccc3c1)C=CC2. The van der Waals surface area contributed by atoms with Gasteiger partial charge in [0.05, 0.1) is 0 Å². The fourth-order valence-electron chi connectivity index (χ4n) is 2.12. The molecule has 3 rings (SSSR count). The molecule has 0 saturated carbocycles. The second kappa shape index (κ2) is 2.96. The summed E-state index contributed by atoms with van der Waals surface area (Å²) in [6, 6.07) is 10.9. The molecule has 1 aliphatic carbocycles. The number of benzene rings is 2. The van der Waals surface area contributed by atoms with Crippen molar-refractivity contribution in [2.24, 2.45) is 0 Å². The Morgan fingerprint density at radius 1 is 1.14 bits per heavy atom. The Balaban J connectivity index is 2.53. The van der Waals surface area contributed by atoms with Gasteiger partial charge in [-0.25, -0.2) is 0 Å². The van der Waals surface area contributed by atoms with Gasteiger partial charge >= 0.3 is 0 Å². The molecule has 0 radical (unpaired) electrons. The molecule has 68 valence electrons. The summed E-state index contributed by atoms with van der Waals surface area (Å²) in [7, 11) is 0. The lowest BCUT2D eigenvalue weighted by Crippen LogP contribution is -1.92. The highest BCUT2D eigenvalue weighted by molar-refractivity contribution is 9.10. The zero-order valence-electron chi connectivity index (χ0n) is 7.63. The first-order chi connectivity index (χ1) is 6.84. The van der Waals surface area contributed by atoms with Crippen LogP contribution in [0.2, 0.25) is 0 Å². The molecular formula is C13H9Br. The third-order valence-electron chi connectivity index (χ3n) is 2.69. The van der Waals surface area contributed by atoms with Crippen molar-refractivity contribution >= 4 is 32.8 Å². The largest absolute Gasteiger partial charge is 0.0795 e. The van der Waals surface area contributed by atoms with Crippen LogP contribution < -0.4 is 0 Å². The Hall–Kier alpha value is -1.08. The summed E-state index contributed by atoms with van der Waals surface area (Å²) >= 11 is 3.55. The lowest BCUT2D eigenvalue weighted by atomic mass is 9.93. The highest BCUT2D eigenvalue weighted by atomic mass is 79.9. The summed E-state index contributed by atoms with van der Waals surface area (Å²) in [5.74, 6) is 0. The second-order valence-corrected chi connectivity index (χ2v) is 4.53. The quantitative estimate of drug-likeness (QED) is 0.653. The molecule has 0 aliphatic heterocycles. The van der Waals surface area contributed by atoms with E-state index in [1.807, 2.05) is 0 Å². The van der Waals surface area contributed by atoms with Crippen molar-refractivity contribution in [3.63, 3.8) is 0 Å². The van der Waals surface area contributed by atoms with E-state index in [1.54, 1.807) is 0 Å². The van der Waals surface area contributed by atoms with Gasteiger partial charge in [-0.05, 0) is 40.5 Å². The summed E-state index contributed by atoms with van der Waals surface area (Å²) < 4.78 is 1.17. The summed E-state index contributed by atoms with van der Waals surface area (Å²) in [6.07, 6.45) is 5.49. The maximum atomic E-state index is 3.55. The molecule has 0 unspecified atom stereocenters. The average Bonchev–Trinajstić information content (AvgIpc) is 2.18. The van der Waals surface area contributed by atoms with Crippen molar-refractivity contribution in [2.45, 2.75) is 6.42 Å². The number of halogens is 1. The van der Waals surface area contributed by atoms with Crippen LogP contribution in [0.4, 0.5) is 0 Å². The molecule has 0 bridgehead atoms. The van der Waals surface area contributed by atoms with Crippen LogP contribution in [0.15, 0.2) is 40.9 Å². The maximum Gasteiger partial charge on any atom is 0.0184 e. The van der Waals surface area contributed by atoms with E-state index in [0.29, 0.717) is 0 Å². The normalized spacial score (nSPS) is 13.5. The average molecular weight is 245 g/mol. The van der Waals surface area contributed by atoms with Gasteiger partial charge in [0.2, 0.25) is 0 Å². The fourth-order valence-corrected chi connectivity index (χ4v) is 2.64. The van der Waals surface area contributed by atoms with Crippen molar-refractivity contribution < 1.29 is 0 Å². The minimum atomic E-state index is 1.05. The van der Waals surface area contributed by atoms with E-state index in [2.05, 4.69) is 58.4 Å². The monoisotopic (exact) mass is 244 g/mol. The van der Waals surface area contributed by atoms with Gasteiger partial charge in [0.25, 0.3) is 0 Å². The third kappa shape index (κ3) is 1.12. The first-order valence-electron chi connectivity index (χ1n) is 4.72. The number of rotatable bonds is 0. The topological polar surface area (TPSA) is 0 Å². The Labute approximate surface area is 91.4 Å². The number of hydrogen-bond acceptors (Lipinski definition) is 0. The van der Waals surface area contributed by atoms with Crippen molar-refractivity contribution in [3.05, 3.63) is 52.0 Å². The molecule has 0 heterocycles. The van der Waals surface area contributed by atoms with E-state index in [-0.39, 0.29) is 0 Å². The molecule has 1 heteroatoms. The molecule has 0 nitrogen and oxygen atoms in total. The highest BCUT2D eigenvalue weighted by Gasteiger charge is 2.08. The van der Waals surface area contributed by atoms with Crippen molar-refractivity contribution in [1.29, 1.82) is 0 Å². The van der Waals surface area contributed by atoms with Crippen LogP contribution in [0.3, 0.4) is 0 Å². The molecule has 1 aliphatic rings. The van der Waals surface area contributed by atoms with Gasteiger partial charge in [-0.2, -0.15) is 0 Å². The number of allylic oxidation sites excluding steroid dienone is 1. The Morgan fingerprint density at radius 3 is 3.00 bits per heavy atom. The lowest BCUT2D eigenvalue weighted by molar-refractivity contribution is 1.29. The number of hydrogen-bond donors (Lipinski definition) is 0. The summed E-state index contributed by atoms with van der Waals surface area (Å²) in [4.78, 5) is 0. The van der Waals surface area contributed by atoms with Crippen LogP contribution >= 0.6 is 15.9 Å². The van der Waals surface area contributed by atoms with E-state index in [0.717, 1.165) is 6.42 Å². The van der Waals surface area contributed by atoms with E-state index in [4.69, 9.17) is 0 Å². The summed E-state index contributed by atoms with van der Waals surface area (Å²) in [5.41, 5.74) is 2.77. The van der Waals surface area contributed by atoms with E-state index < -0.39 is 0 Å². The first-order valence-corrected chi connectivity index (χ1v) is 5.51. The van der Waals surface area contributed by atoms with Crippen LogP contribution in [0, 0.1) is 0 Å². The molecule has 2 aromatic carbocycles. The zero-order chi connectivity index (χ0) is 9.54. The van der Waals surface area contributed by atoms with E-state index in [1.165, 1.54) is 26.4 Å². The minimum Gasteiger partial charge on any atom is -0.0795 e. The van der Waals surface area contributed by atoms with Crippen molar-refractivity contribution in [1.82, 2.24) is 0 Å². The molecule has 0 atom stereocenters. The maximum absolute atomic E-state index is 3.55. The molecule has 0 saturated heterocycles. The molecule has 0 N–H and O–H groups in total. The highest BCUT2D eigenvalue weighted by Crippen LogP contribution is 2.31. The van der Waals surface area contributed by atoms with Gasteiger partial charge < -0.3 is 0 Å². The fraction of sp³-hybridized carbons (Fsp3) is 0.0769. The first kappa shape index (κ1) is 8.25.